The third-order valence-electron chi connectivity index (χ3n) is 8.50. The third kappa shape index (κ3) is 8.13. The van der Waals surface area contributed by atoms with Crippen LogP contribution in [0.2, 0.25) is 0 Å². The predicted octanol–water partition coefficient (Wildman–Crippen LogP) is 4.92. The maximum atomic E-state index is 13.0. The lowest BCUT2D eigenvalue weighted by Gasteiger charge is -2.21. The van der Waals surface area contributed by atoms with Crippen LogP contribution in [0, 0.1) is 13.8 Å². The molecule has 0 saturated heterocycles. The number of anilines is 2. The van der Waals surface area contributed by atoms with Gasteiger partial charge in [-0.1, -0.05) is 18.2 Å². The van der Waals surface area contributed by atoms with Crippen molar-refractivity contribution in [2.75, 3.05) is 10.6 Å². The number of nitrogens with two attached hydrogens (primary N) is 1. The number of carboxylic acid groups (broad SMARTS) is 2. The topological polar surface area (TPSA) is 233 Å². The smallest absolute Gasteiger partial charge is 0.408 e. The molecule has 0 fully saturated rings. The highest BCUT2D eigenvalue weighted by Crippen LogP contribution is 2.36. The monoisotopic (exact) mass is 746 g/mol. The van der Waals surface area contributed by atoms with Crippen LogP contribution in [0.5, 0.6) is 0 Å². The fourth-order valence-electron chi connectivity index (χ4n) is 5.98. The summed E-state index contributed by atoms with van der Waals surface area (Å²) < 4.78 is 8.50. The Labute approximate surface area is 313 Å². The highest BCUT2D eigenvalue weighted by molar-refractivity contribution is 6.10. The molecule has 0 aliphatic heterocycles. The number of fused-ring (bicyclic) bond motifs is 2. The number of aryl methyl sites for hydroxylation is 2. The summed E-state index contributed by atoms with van der Waals surface area (Å²) >= 11 is 0. The molecule has 55 heavy (non-hydrogen) atoms. The van der Waals surface area contributed by atoms with Gasteiger partial charge in [-0.05, 0) is 111 Å². The van der Waals surface area contributed by atoms with Crippen molar-refractivity contribution < 1.29 is 38.9 Å². The number of nitrogens with one attached hydrogen (secondary N) is 3. The van der Waals surface area contributed by atoms with Crippen molar-refractivity contribution in [1.82, 2.24) is 24.9 Å². The van der Waals surface area contributed by atoms with Gasteiger partial charge in [-0.3, -0.25) is 14.9 Å². The highest BCUT2D eigenvalue weighted by Gasteiger charge is 2.30. The number of nitrogens with zero attached hydrogens (tertiary/aromatic N) is 4. The van der Waals surface area contributed by atoms with E-state index < -0.39 is 47.5 Å². The van der Waals surface area contributed by atoms with E-state index in [9.17, 15) is 34.2 Å². The number of alkyl carbamates (subject to hydrolysis) is 1. The fourth-order valence-corrected chi connectivity index (χ4v) is 5.98. The zero-order chi connectivity index (χ0) is 39.8. The average molecular weight is 747 g/mol. The number of aromatic nitrogens is 4. The van der Waals surface area contributed by atoms with E-state index in [1.165, 1.54) is 0 Å². The minimum absolute atomic E-state index is 0.263. The molecule has 0 bridgehead atoms. The van der Waals surface area contributed by atoms with E-state index >= 15 is 0 Å². The first-order chi connectivity index (χ1) is 26.0. The van der Waals surface area contributed by atoms with Crippen molar-refractivity contribution >= 4 is 63.0 Å². The van der Waals surface area contributed by atoms with Gasteiger partial charge in [0.1, 0.15) is 5.60 Å². The normalized spacial score (nSPS) is 12.5. The Kier molecular flexibility index (Phi) is 10.1. The summed E-state index contributed by atoms with van der Waals surface area (Å²) in [6.45, 7) is 8.70. The molecule has 7 N–H and O–H groups in total. The van der Waals surface area contributed by atoms with Gasteiger partial charge in [-0.15, -0.1) is 0 Å². The first-order valence-corrected chi connectivity index (χ1v) is 17.0. The summed E-state index contributed by atoms with van der Waals surface area (Å²) in [6.07, 6.45) is 2.32. The lowest BCUT2D eigenvalue weighted by molar-refractivity contribution is -0.143. The highest BCUT2D eigenvalue weighted by atomic mass is 16.6. The zero-order valence-electron chi connectivity index (χ0n) is 30.4. The Morgan fingerprint density at radius 1 is 0.745 bits per heavy atom. The van der Waals surface area contributed by atoms with Gasteiger partial charge in [0.25, 0.3) is 11.8 Å². The van der Waals surface area contributed by atoms with E-state index in [4.69, 9.17) is 10.5 Å². The number of benzene rings is 4. The van der Waals surface area contributed by atoms with Gasteiger partial charge in [0.2, 0.25) is 6.04 Å². The van der Waals surface area contributed by atoms with Gasteiger partial charge >= 0.3 is 18.0 Å². The number of aliphatic carboxylic acids is 2. The molecule has 2 atom stereocenters. The van der Waals surface area contributed by atoms with E-state index in [0.29, 0.717) is 28.0 Å². The molecule has 2 unspecified atom stereocenters. The summed E-state index contributed by atoms with van der Waals surface area (Å²) in [5.41, 5.74) is 11.3. The first-order valence-electron chi connectivity index (χ1n) is 17.0. The molecule has 16 heteroatoms. The molecule has 0 saturated carbocycles. The van der Waals surface area contributed by atoms with Crippen molar-refractivity contribution in [2.45, 2.75) is 52.3 Å². The molecule has 2 aromatic heterocycles. The summed E-state index contributed by atoms with van der Waals surface area (Å²) in [6, 6.07) is 18.1. The molecule has 0 spiro atoms. The number of hydrogen-bond acceptors (Lipinski definition) is 9. The Hall–Kier alpha value is -7.07. The lowest BCUT2D eigenvalue weighted by atomic mass is 9.96. The first kappa shape index (κ1) is 37.7. The Balaban J connectivity index is 1.35. The summed E-state index contributed by atoms with van der Waals surface area (Å²) in [5, 5.41) is 37.0. The van der Waals surface area contributed by atoms with Crippen LogP contribution >= 0.6 is 0 Å². The van der Waals surface area contributed by atoms with Crippen molar-refractivity contribution in [3.8, 4) is 22.5 Å². The molecular formula is C39H38N8O8. The number of amides is 3. The molecule has 6 rings (SSSR count). The SMILES string of the molecule is Cc1cccc(-n2ncc3c(-c4ccc(-n5ncc6ccc(NC(=O)C(NC(=O)OC(C)(C)C)C(=O)O)cc65)cc4C)cc(NC(=O)C(N)C(=O)O)cc32)c1. The van der Waals surface area contributed by atoms with Gasteiger partial charge in [-0.2, -0.15) is 10.2 Å². The van der Waals surface area contributed by atoms with E-state index in [-0.39, 0.29) is 5.69 Å². The van der Waals surface area contributed by atoms with Gasteiger partial charge < -0.3 is 31.3 Å². The molecule has 0 aliphatic carbocycles. The van der Waals surface area contributed by atoms with E-state index in [0.717, 1.165) is 33.2 Å². The Morgan fingerprint density at radius 2 is 1.42 bits per heavy atom. The molecule has 0 radical (unpaired) electrons. The Morgan fingerprint density at radius 3 is 2.09 bits per heavy atom. The standard InChI is InChI=1S/C39H38N8O8/c1-20-7-6-8-25(13-20)47-31-17-24(44-34(48)32(40)36(50)51)15-28(29(31)19-42-47)27-12-11-26(14-21(27)2)46-30-16-23(10-9-22(30)18-41-46)43-35(49)33(37(52)53)45-38(54)55-39(3,4)5/h6-19,32-33H,40H2,1-5H3,(H,43,49)(H,44,48)(H,45,54)(H,50,51)(H,52,53). The number of ether oxygens (including phenoxy) is 1. The minimum atomic E-state index is -1.92. The lowest BCUT2D eigenvalue weighted by Crippen LogP contribution is -2.50. The molecule has 0 aliphatic rings. The average Bonchev–Trinajstić information content (AvgIpc) is 3.73. The van der Waals surface area contributed by atoms with Crippen LogP contribution in [0.1, 0.15) is 31.9 Å². The second-order valence-corrected chi connectivity index (χ2v) is 13.9. The molecule has 282 valence electrons. The van der Waals surface area contributed by atoms with Crippen LogP contribution in [0.4, 0.5) is 16.2 Å². The summed E-state index contributed by atoms with van der Waals surface area (Å²) in [4.78, 5) is 61.3. The molecule has 3 amide bonds. The van der Waals surface area contributed by atoms with Crippen LogP contribution in [-0.2, 0) is 23.9 Å². The summed E-state index contributed by atoms with van der Waals surface area (Å²) in [5.74, 6) is -4.90. The summed E-state index contributed by atoms with van der Waals surface area (Å²) in [7, 11) is 0. The van der Waals surface area contributed by atoms with Crippen molar-refractivity contribution in [3.05, 3.63) is 96.3 Å². The fraction of sp³-hybridized carbons (Fsp3) is 0.205. The zero-order valence-corrected chi connectivity index (χ0v) is 30.4. The molecule has 16 nitrogen and oxygen atoms in total. The number of hydrogen-bond donors (Lipinski definition) is 6. The van der Waals surface area contributed by atoms with Crippen molar-refractivity contribution in [1.29, 1.82) is 0 Å². The van der Waals surface area contributed by atoms with E-state index in [1.807, 2.05) is 56.3 Å². The number of carboxylic acids is 2. The third-order valence-corrected chi connectivity index (χ3v) is 8.50. The van der Waals surface area contributed by atoms with Gasteiger partial charge in [0.05, 0.1) is 34.8 Å². The maximum Gasteiger partial charge on any atom is 0.408 e. The van der Waals surface area contributed by atoms with Crippen molar-refractivity contribution in [3.63, 3.8) is 0 Å². The van der Waals surface area contributed by atoms with Crippen LogP contribution in [0.15, 0.2) is 85.2 Å². The maximum absolute atomic E-state index is 13.0. The predicted molar refractivity (Wildman–Crippen MR) is 204 cm³/mol. The molecule has 4 aromatic carbocycles. The van der Waals surface area contributed by atoms with Gasteiger partial charge in [-0.25, -0.2) is 23.7 Å². The van der Waals surface area contributed by atoms with Gasteiger partial charge in [0.15, 0.2) is 6.04 Å². The minimum Gasteiger partial charge on any atom is -0.480 e. The van der Waals surface area contributed by atoms with Crippen LogP contribution < -0.4 is 21.7 Å². The Bertz CT molecular complexity index is 2510. The van der Waals surface area contributed by atoms with E-state index in [1.54, 1.807) is 72.9 Å². The molecule has 2 heterocycles. The van der Waals surface area contributed by atoms with Crippen LogP contribution in [-0.4, -0.2) is 77.3 Å². The van der Waals surface area contributed by atoms with Crippen LogP contribution in [0.3, 0.4) is 0 Å². The quantitative estimate of drug-likeness (QED) is 0.103. The second kappa shape index (κ2) is 14.7. The number of carbonyl (C=O) groups excluding carboxylic acids is 3. The van der Waals surface area contributed by atoms with Gasteiger partial charge in [0, 0.05) is 22.1 Å². The number of carbonyl (C=O) groups is 5. The largest absolute Gasteiger partial charge is 0.480 e. The van der Waals surface area contributed by atoms with E-state index in [2.05, 4.69) is 26.1 Å². The molecular weight excluding hydrogens is 708 g/mol. The van der Waals surface area contributed by atoms with Crippen molar-refractivity contribution in [2.24, 2.45) is 5.73 Å². The van der Waals surface area contributed by atoms with Crippen LogP contribution in [0.25, 0.3) is 44.3 Å². The number of rotatable bonds is 10. The molecule has 6 aromatic rings. The second-order valence-electron chi connectivity index (χ2n) is 13.9.